The molecule has 0 spiro atoms. The van der Waals surface area contributed by atoms with Gasteiger partial charge >= 0.3 is 5.97 Å². The van der Waals surface area contributed by atoms with E-state index < -0.39 is 5.97 Å². The first-order chi connectivity index (χ1) is 14.8. The molecule has 1 aromatic carbocycles. The summed E-state index contributed by atoms with van der Waals surface area (Å²) in [5.41, 5.74) is 3.61. The monoisotopic (exact) mass is 457 g/mol. The fraction of sp³-hybridized carbons (Fsp3) is 0.261. The smallest absolute Gasteiger partial charge is 0.331 e. The van der Waals surface area contributed by atoms with Gasteiger partial charge in [0.05, 0.1) is 18.8 Å². The number of carbonyl (C=O) groups is 2. The van der Waals surface area contributed by atoms with Crippen LogP contribution >= 0.6 is 22.9 Å². The van der Waals surface area contributed by atoms with Crippen LogP contribution in [0.3, 0.4) is 0 Å². The molecule has 0 bridgehead atoms. The molecule has 0 aliphatic rings. The van der Waals surface area contributed by atoms with E-state index in [0.29, 0.717) is 29.5 Å². The number of rotatable bonds is 8. The molecular weight excluding hydrogens is 434 g/mol. The third kappa shape index (κ3) is 6.29. The lowest BCUT2D eigenvalue weighted by molar-refractivity contribution is -0.147. The van der Waals surface area contributed by atoms with Crippen molar-refractivity contribution in [2.24, 2.45) is 0 Å². The number of nitrogens with zero attached hydrogens (tertiary/aromatic N) is 3. The lowest BCUT2D eigenvalue weighted by Gasteiger charge is -2.15. The molecule has 0 aliphatic carbocycles. The number of thiophene rings is 1. The topological polar surface area (TPSA) is 64.4 Å². The van der Waals surface area contributed by atoms with E-state index in [1.165, 1.54) is 16.5 Å². The van der Waals surface area contributed by atoms with Crippen molar-refractivity contribution in [2.45, 2.75) is 26.9 Å². The number of esters is 1. The standard InChI is InChI=1S/C23H24ClN3O3S/c1-16-6-8-18(9-7-16)13-27-23(24)20(17(2)25-27)10-11-22(29)30-15-21(28)26(3)14-19-5-4-12-31-19/h4-12H,13-15H2,1-3H3/b11-10+. The largest absolute Gasteiger partial charge is 0.452 e. The van der Waals surface area contributed by atoms with Crippen molar-refractivity contribution in [3.05, 3.63) is 80.3 Å². The minimum atomic E-state index is -0.611. The molecule has 8 heteroatoms. The first kappa shape index (κ1) is 22.8. The van der Waals surface area contributed by atoms with E-state index in [1.807, 2.05) is 55.6 Å². The Bertz CT molecular complexity index is 1070. The van der Waals surface area contributed by atoms with Crippen molar-refractivity contribution < 1.29 is 14.3 Å². The Kier molecular flexibility index (Phi) is 7.65. The molecule has 162 valence electrons. The maximum absolute atomic E-state index is 12.1. The quantitative estimate of drug-likeness (QED) is 0.369. The number of likely N-dealkylation sites (N-methyl/N-ethyl adjacent to an activating group) is 1. The van der Waals surface area contributed by atoms with E-state index in [2.05, 4.69) is 5.10 Å². The Morgan fingerprint density at radius 2 is 1.97 bits per heavy atom. The van der Waals surface area contributed by atoms with Crippen LogP contribution in [0.1, 0.15) is 27.3 Å². The van der Waals surface area contributed by atoms with Crippen LogP contribution in [0.2, 0.25) is 5.15 Å². The van der Waals surface area contributed by atoms with Gasteiger partial charge in [0.25, 0.3) is 5.91 Å². The van der Waals surface area contributed by atoms with E-state index in [4.69, 9.17) is 16.3 Å². The van der Waals surface area contributed by atoms with Crippen LogP contribution in [0, 0.1) is 13.8 Å². The van der Waals surface area contributed by atoms with E-state index in [-0.39, 0.29) is 12.5 Å². The summed E-state index contributed by atoms with van der Waals surface area (Å²) in [4.78, 5) is 26.8. The number of hydrogen-bond acceptors (Lipinski definition) is 5. The second-order valence-electron chi connectivity index (χ2n) is 7.20. The van der Waals surface area contributed by atoms with Gasteiger partial charge in [-0.3, -0.25) is 4.79 Å². The molecule has 3 rings (SSSR count). The van der Waals surface area contributed by atoms with E-state index >= 15 is 0 Å². The summed E-state index contributed by atoms with van der Waals surface area (Å²) in [7, 11) is 1.68. The summed E-state index contributed by atoms with van der Waals surface area (Å²) in [6.45, 7) is 4.56. The van der Waals surface area contributed by atoms with Crippen LogP contribution in [0.25, 0.3) is 6.08 Å². The zero-order chi connectivity index (χ0) is 22.4. The average molecular weight is 458 g/mol. The molecule has 31 heavy (non-hydrogen) atoms. The summed E-state index contributed by atoms with van der Waals surface area (Å²) in [6, 6.07) is 12.0. The summed E-state index contributed by atoms with van der Waals surface area (Å²) in [5, 5.41) is 6.85. The average Bonchev–Trinajstić information content (AvgIpc) is 3.34. The number of ether oxygens (including phenoxy) is 1. The van der Waals surface area contributed by atoms with Crippen LogP contribution in [0.4, 0.5) is 0 Å². The fourth-order valence-electron chi connectivity index (χ4n) is 2.89. The third-order valence-corrected chi connectivity index (χ3v) is 5.95. The van der Waals surface area contributed by atoms with Crippen LogP contribution in [-0.4, -0.2) is 40.2 Å². The van der Waals surface area contributed by atoms with Gasteiger partial charge in [0.1, 0.15) is 5.15 Å². The van der Waals surface area contributed by atoms with Crippen molar-refractivity contribution in [1.29, 1.82) is 0 Å². The van der Waals surface area contributed by atoms with Gasteiger partial charge in [-0.15, -0.1) is 11.3 Å². The zero-order valence-electron chi connectivity index (χ0n) is 17.7. The van der Waals surface area contributed by atoms with Crippen molar-refractivity contribution in [3.8, 4) is 0 Å². The first-order valence-corrected chi connectivity index (χ1v) is 11.0. The lowest BCUT2D eigenvalue weighted by atomic mass is 10.1. The summed E-state index contributed by atoms with van der Waals surface area (Å²) in [6.07, 6.45) is 2.83. The molecule has 0 saturated heterocycles. The van der Waals surface area contributed by atoms with E-state index in [0.717, 1.165) is 10.4 Å². The fourth-order valence-corrected chi connectivity index (χ4v) is 3.95. The molecule has 0 fully saturated rings. The SMILES string of the molecule is Cc1ccc(Cn2nc(C)c(/C=C/C(=O)OCC(=O)N(C)Cc3cccs3)c2Cl)cc1. The van der Waals surface area contributed by atoms with E-state index in [9.17, 15) is 9.59 Å². The Hall–Kier alpha value is -2.90. The van der Waals surface area contributed by atoms with Gasteiger partial charge in [-0.25, -0.2) is 9.48 Å². The van der Waals surface area contributed by atoms with Gasteiger partial charge in [0.2, 0.25) is 0 Å². The summed E-state index contributed by atoms with van der Waals surface area (Å²) < 4.78 is 6.77. The van der Waals surface area contributed by atoms with Crippen molar-refractivity contribution in [2.75, 3.05) is 13.7 Å². The maximum atomic E-state index is 12.1. The number of amides is 1. The molecule has 0 aliphatic heterocycles. The molecule has 2 aromatic heterocycles. The van der Waals surface area contributed by atoms with Gasteiger partial charge < -0.3 is 9.64 Å². The molecule has 3 aromatic rings. The predicted molar refractivity (Wildman–Crippen MR) is 123 cm³/mol. The zero-order valence-corrected chi connectivity index (χ0v) is 19.2. The van der Waals surface area contributed by atoms with Crippen LogP contribution in [-0.2, 0) is 27.4 Å². The minimum Gasteiger partial charge on any atom is -0.452 e. The molecule has 0 unspecified atom stereocenters. The number of aryl methyl sites for hydroxylation is 2. The summed E-state index contributed by atoms with van der Waals surface area (Å²) in [5.74, 6) is -0.880. The lowest BCUT2D eigenvalue weighted by Crippen LogP contribution is -2.30. The first-order valence-electron chi connectivity index (χ1n) is 9.73. The van der Waals surface area contributed by atoms with Gasteiger partial charge in [-0.1, -0.05) is 47.5 Å². The molecular formula is C23H24ClN3O3S. The molecule has 2 heterocycles. The highest BCUT2D eigenvalue weighted by Crippen LogP contribution is 2.22. The van der Waals surface area contributed by atoms with Crippen LogP contribution in [0.15, 0.2) is 47.9 Å². The second-order valence-corrected chi connectivity index (χ2v) is 8.59. The molecule has 0 radical (unpaired) electrons. The highest BCUT2D eigenvalue weighted by atomic mass is 35.5. The van der Waals surface area contributed by atoms with Gasteiger partial charge in [-0.2, -0.15) is 5.10 Å². The minimum absolute atomic E-state index is 0.268. The Balaban J connectivity index is 1.55. The van der Waals surface area contributed by atoms with Crippen molar-refractivity contribution in [1.82, 2.24) is 14.7 Å². The molecule has 0 N–H and O–H groups in total. The summed E-state index contributed by atoms with van der Waals surface area (Å²) >= 11 is 8.04. The number of aromatic nitrogens is 2. The van der Waals surface area contributed by atoms with Crippen molar-refractivity contribution >= 4 is 40.9 Å². The number of halogens is 1. The maximum Gasteiger partial charge on any atom is 0.331 e. The van der Waals surface area contributed by atoms with Crippen LogP contribution < -0.4 is 0 Å². The molecule has 0 atom stereocenters. The second kappa shape index (κ2) is 10.4. The van der Waals surface area contributed by atoms with Gasteiger partial charge in [0, 0.05) is 23.6 Å². The van der Waals surface area contributed by atoms with Crippen molar-refractivity contribution in [3.63, 3.8) is 0 Å². The highest BCUT2D eigenvalue weighted by Gasteiger charge is 2.14. The highest BCUT2D eigenvalue weighted by molar-refractivity contribution is 7.09. The third-order valence-electron chi connectivity index (χ3n) is 4.69. The molecule has 6 nitrogen and oxygen atoms in total. The molecule has 1 amide bonds. The Morgan fingerprint density at radius 3 is 2.65 bits per heavy atom. The Labute approximate surface area is 190 Å². The number of hydrogen-bond donors (Lipinski definition) is 0. The van der Waals surface area contributed by atoms with Gasteiger partial charge in [-0.05, 0) is 36.9 Å². The predicted octanol–water partition coefficient (Wildman–Crippen LogP) is 4.48. The number of carbonyl (C=O) groups excluding carboxylic acids is 2. The van der Waals surface area contributed by atoms with Crippen LogP contribution in [0.5, 0.6) is 0 Å². The number of benzene rings is 1. The normalized spacial score (nSPS) is 11.1. The Morgan fingerprint density at radius 1 is 1.23 bits per heavy atom. The van der Waals surface area contributed by atoms with E-state index in [1.54, 1.807) is 29.1 Å². The van der Waals surface area contributed by atoms with Gasteiger partial charge in [0.15, 0.2) is 6.61 Å². The molecule has 0 saturated carbocycles.